The summed E-state index contributed by atoms with van der Waals surface area (Å²) in [5, 5.41) is 12.0. The van der Waals surface area contributed by atoms with E-state index in [1.54, 1.807) is 0 Å². The maximum atomic E-state index is 12.5. The Hall–Kier alpha value is -1.92. The molecule has 1 aromatic carbocycles. The topological polar surface area (TPSA) is 68.0 Å². The normalized spacial score (nSPS) is 15.7. The molecule has 0 aliphatic heterocycles. The fourth-order valence-corrected chi connectivity index (χ4v) is 4.53. The van der Waals surface area contributed by atoms with Crippen molar-refractivity contribution in [3.05, 3.63) is 40.1 Å². The van der Waals surface area contributed by atoms with Crippen molar-refractivity contribution < 1.29 is 9.21 Å². The van der Waals surface area contributed by atoms with Gasteiger partial charge in [-0.1, -0.05) is 54.2 Å². The molecular formula is C17H16ClN3O2S. The van der Waals surface area contributed by atoms with Crippen LogP contribution in [0.5, 0.6) is 0 Å². The van der Waals surface area contributed by atoms with Crippen molar-refractivity contribution in [3.8, 4) is 0 Å². The van der Waals surface area contributed by atoms with Crippen LogP contribution in [0.15, 0.2) is 28.7 Å². The molecule has 3 aromatic rings. The zero-order valence-electron chi connectivity index (χ0n) is 12.9. The molecule has 1 amide bonds. The van der Waals surface area contributed by atoms with Gasteiger partial charge in [0.2, 0.25) is 5.89 Å². The zero-order chi connectivity index (χ0) is 16.5. The number of aromatic nitrogens is 2. The first-order valence-corrected chi connectivity index (χ1v) is 9.23. The summed E-state index contributed by atoms with van der Waals surface area (Å²) in [6, 6.07) is 7.80. The minimum Gasteiger partial charge on any atom is -0.408 e. The summed E-state index contributed by atoms with van der Waals surface area (Å²) in [5.74, 6) is 0.609. The van der Waals surface area contributed by atoms with E-state index >= 15 is 0 Å². The highest BCUT2D eigenvalue weighted by Crippen LogP contribution is 2.36. The molecule has 4 rings (SSSR count). The maximum Gasteiger partial charge on any atom is 0.322 e. The van der Waals surface area contributed by atoms with Gasteiger partial charge in [0.25, 0.3) is 5.91 Å². The minimum absolute atomic E-state index is 0.133. The van der Waals surface area contributed by atoms with Gasteiger partial charge in [-0.15, -0.1) is 16.4 Å². The lowest BCUT2D eigenvalue weighted by Gasteiger charge is -2.17. The molecule has 0 atom stereocenters. The molecule has 0 radical (unpaired) electrons. The van der Waals surface area contributed by atoms with Crippen LogP contribution in [0.2, 0.25) is 5.02 Å². The summed E-state index contributed by atoms with van der Waals surface area (Å²) in [6.07, 6.45) is 5.77. The second-order valence-corrected chi connectivity index (χ2v) is 7.41. The van der Waals surface area contributed by atoms with E-state index in [-0.39, 0.29) is 11.9 Å². The van der Waals surface area contributed by atoms with E-state index in [1.165, 1.54) is 30.6 Å². The Morgan fingerprint density at radius 3 is 2.79 bits per heavy atom. The monoisotopic (exact) mass is 361 g/mol. The van der Waals surface area contributed by atoms with Crippen LogP contribution < -0.4 is 5.32 Å². The molecule has 124 valence electrons. The summed E-state index contributed by atoms with van der Waals surface area (Å²) < 4.78 is 6.61. The number of amides is 1. The molecule has 0 unspecified atom stereocenters. The number of anilines is 1. The van der Waals surface area contributed by atoms with Crippen molar-refractivity contribution in [1.29, 1.82) is 0 Å². The van der Waals surface area contributed by atoms with E-state index in [9.17, 15) is 4.79 Å². The van der Waals surface area contributed by atoms with Gasteiger partial charge < -0.3 is 4.42 Å². The van der Waals surface area contributed by atoms with E-state index in [1.807, 2.05) is 24.3 Å². The van der Waals surface area contributed by atoms with Crippen LogP contribution >= 0.6 is 22.9 Å². The number of hydrogen-bond donors (Lipinski definition) is 1. The number of fused-ring (bicyclic) bond motifs is 1. The number of thiophene rings is 1. The second kappa shape index (κ2) is 6.53. The highest BCUT2D eigenvalue weighted by atomic mass is 35.5. The standard InChI is InChI=1S/C17H16ClN3O2S/c18-13-11-8-4-5-9-12(11)24-14(13)15(22)19-17-21-20-16(23-17)10-6-2-1-3-7-10/h4-5,8-10H,1-3,6-7H2,(H,19,21,22). The average molecular weight is 362 g/mol. The molecule has 0 bridgehead atoms. The van der Waals surface area contributed by atoms with E-state index in [0.717, 1.165) is 22.9 Å². The summed E-state index contributed by atoms with van der Waals surface area (Å²) in [5.41, 5.74) is 0. The third kappa shape index (κ3) is 2.91. The molecule has 0 saturated heterocycles. The summed E-state index contributed by atoms with van der Waals surface area (Å²) in [4.78, 5) is 12.9. The van der Waals surface area contributed by atoms with Crippen molar-refractivity contribution in [3.63, 3.8) is 0 Å². The first-order valence-electron chi connectivity index (χ1n) is 8.04. The largest absolute Gasteiger partial charge is 0.408 e. The van der Waals surface area contributed by atoms with E-state index in [0.29, 0.717) is 21.7 Å². The predicted molar refractivity (Wildman–Crippen MR) is 94.9 cm³/mol. The number of nitrogens with one attached hydrogen (secondary N) is 1. The van der Waals surface area contributed by atoms with Crippen LogP contribution in [0.25, 0.3) is 10.1 Å². The lowest BCUT2D eigenvalue weighted by Crippen LogP contribution is -2.10. The van der Waals surface area contributed by atoms with Gasteiger partial charge in [0, 0.05) is 16.0 Å². The van der Waals surface area contributed by atoms with Gasteiger partial charge in [-0.2, -0.15) is 0 Å². The molecule has 24 heavy (non-hydrogen) atoms. The highest BCUT2D eigenvalue weighted by molar-refractivity contribution is 7.21. The van der Waals surface area contributed by atoms with Crippen molar-refractivity contribution in [1.82, 2.24) is 10.2 Å². The van der Waals surface area contributed by atoms with Crippen molar-refractivity contribution >= 4 is 44.9 Å². The van der Waals surface area contributed by atoms with Gasteiger partial charge in [0.15, 0.2) is 0 Å². The average Bonchev–Trinajstić information content (AvgIpc) is 3.21. The number of hydrogen-bond acceptors (Lipinski definition) is 5. The van der Waals surface area contributed by atoms with Crippen molar-refractivity contribution in [2.24, 2.45) is 0 Å². The summed E-state index contributed by atoms with van der Waals surface area (Å²) in [7, 11) is 0. The Morgan fingerprint density at radius 2 is 2.00 bits per heavy atom. The lowest BCUT2D eigenvalue weighted by atomic mass is 9.89. The number of nitrogens with zero attached hydrogens (tertiary/aromatic N) is 2. The smallest absolute Gasteiger partial charge is 0.322 e. The van der Waals surface area contributed by atoms with Gasteiger partial charge >= 0.3 is 6.01 Å². The molecule has 2 heterocycles. The van der Waals surface area contributed by atoms with Gasteiger partial charge in [-0.05, 0) is 18.9 Å². The van der Waals surface area contributed by atoms with Crippen molar-refractivity contribution in [2.75, 3.05) is 5.32 Å². The van der Waals surface area contributed by atoms with Crippen LogP contribution in [-0.2, 0) is 0 Å². The molecule has 1 aliphatic rings. The maximum absolute atomic E-state index is 12.5. The third-order valence-corrected chi connectivity index (χ3v) is 6.03. The molecule has 1 saturated carbocycles. The third-order valence-electron chi connectivity index (χ3n) is 4.36. The number of carbonyl (C=O) groups is 1. The molecule has 7 heteroatoms. The fraction of sp³-hybridized carbons (Fsp3) is 0.353. The molecule has 2 aromatic heterocycles. The Labute approximate surface area is 148 Å². The molecule has 5 nitrogen and oxygen atoms in total. The summed E-state index contributed by atoms with van der Waals surface area (Å²) in [6.45, 7) is 0. The van der Waals surface area contributed by atoms with Gasteiger partial charge in [-0.25, -0.2) is 0 Å². The number of benzene rings is 1. The zero-order valence-corrected chi connectivity index (χ0v) is 14.5. The summed E-state index contributed by atoms with van der Waals surface area (Å²) >= 11 is 7.68. The number of carbonyl (C=O) groups excluding carboxylic acids is 1. The van der Waals surface area contributed by atoms with Crippen LogP contribution in [0.4, 0.5) is 6.01 Å². The SMILES string of the molecule is O=C(Nc1nnc(C2CCCCC2)o1)c1sc2ccccc2c1Cl. The van der Waals surface area contributed by atoms with E-state index < -0.39 is 0 Å². The van der Waals surface area contributed by atoms with Gasteiger partial charge in [0.1, 0.15) is 4.88 Å². The Bertz CT molecular complexity index is 883. The first-order chi connectivity index (χ1) is 11.7. The molecule has 1 N–H and O–H groups in total. The van der Waals surface area contributed by atoms with Gasteiger partial charge in [-0.3, -0.25) is 10.1 Å². The lowest BCUT2D eigenvalue weighted by molar-refractivity contribution is 0.102. The number of halogens is 1. The second-order valence-electron chi connectivity index (χ2n) is 5.98. The Kier molecular flexibility index (Phi) is 4.24. The molecule has 1 aliphatic carbocycles. The highest BCUT2D eigenvalue weighted by Gasteiger charge is 2.23. The molecular weight excluding hydrogens is 346 g/mol. The molecule has 1 fully saturated rings. The molecule has 0 spiro atoms. The fourth-order valence-electron chi connectivity index (χ4n) is 3.11. The van der Waals surface area contributed by atoms with Crippen LogP contribution in [-0.4, -0.2) is 16.1 Å². The Morgan fingerprint density at radius 1 is 1.21 bits per heavy atom. The van der Waals surface area contributed by atoms with Gasteiger partial charge in [0.05, 0.1) is 5.02 Å². The number of rotatable bonds is 3. The quantitative estimate of drug-likeness (QED) is 0.692. The van der Waals surface area contributed by atoms with Crippen LogP contribution in [0, 0.1) is 0 Å². The van der Waals surface area contributed by atoms with E-state index in [2.05, 4.69) is 15.5 Å². The predicted octanol–water partition coefficient (Wildman–Crippen LogP) is 5.24. The Balaban J connectivity index is 1.53. The minimum atomic E-state index is -0.319. The van der Waals surface area contributed by atoms with E-state index in [4.69, 9.17) is 16.0 Å². The van der Waals surface area contributed by atoms with Crippen molar-refractivity contribution in [2.45, 2.75) is 38.0 Å². The van der Waals surface area contributed by atoms with Crippen LogP contribution in [0.3, 0.4) is 0 Å². The first kappa shape index (κ1) is 15.6. The van der Waals surface area contributed by atoms with Crippen LogP contribution in [0.1, 0.15) is 53.6 Å².